The van der Waals surface area contributed by atoms with Crippen molar-refractivity contribution in [2.75, 3.05) is 12.4 Å². The summed E-state index contributed by atoms with van der Waals surface area (Å²) in [6.45, 7) is 6.02. The maximum atomic E-state index is 11.3. The monoisotopic (exact) mass is 221 g/mol. The Morgan fingerprint density at radius 2 is 1.75 bits per heavy atom. The van der Waals surface area contributed by atoms with Crippen LogP contribution in [0.25, 0.3) is 0 Å². The third-order valence-electron chi connectivity index (χ3n) is 2.42. The Kier molecular flexibility index (Phi) is 4.35. The summed E-state index contributed by atoms with van der Waals surface area (Å²) >= 11 is 0. The van der Waals surface area contributed by atoms with E-state index in [0.29, 0.717) is 6.04 Å². The van der Waals surface area contributed by atoms with Gasteiger partial charge in [-0.3, -0.25) is 4.79 Å². The molecule has 0 radical (unpaired) electrons. The van der Waals surface area contributed by atoms with Crippen molar-refractivity contribution in [3.8, 4) is 0 Å². The first-order chi connectivity index (χ1) is 7.54. The van der Waals surface area contributed by atoms with Crippen molar-refractivity contribution < 1.29 is 9.53 Å². The minimum atomic E-state index is -0.210. The summed E-state index contributed by atoms with van der Waals surface area (Å²) < 4.78 is 4.71. The number of anilines is 1. The average molecular weight is 221 g/mol. The lowest BCUT2D eigenvalue weighted by Crippen LogP contribution is -2.12. The molecule has 3 heteroatoms. The summed E-state index contributed by atoms with van der Waals surface area (Å²) in [6, 6.07) is 8.27. The molecule has 0 saturated carbocycles. The predicted octanol–water partition coefficient (Wildman–Crippen LogP) is 2.78. The van der Waals surface area contributed by atoms with Gasteiger partial charge in [-0.15, -0.1) is 0 Å². The quantitative estimate of drug-likeness (QED) is 0.794. The molecule has 0 heterocycles. The number of hydrogen-bond acceptors (Lipinski definition) is 3. The minimum absolute atomic E-state index is 0.204. The first-order valence-electron chi connectivity index (χ1n) is 5.49. The molecule has 3 nitrogen and oxygen atoms in total. The second kappa shape index (κ2) is 5.54. The summed E-state index contributed by atoms with van der Waals surface area (Å²) in [5.41, 5.74) is 2.04. The van der Waals surface area contributed by atoms with Crippen molar-refractivity contribution >= 4 is 11.7 Å². The van der Waals surface area contributed by atoms with Gasteiger partial charge in [0.25, 0.3) is 0 Å². The van der Waals surface area contributed by atoms with Crippen LogP contribution < -0.4 is 5.32 Å². The van der Waals surface area contributed by atoms with Crippen LogP contribution in [0, 0.1) is 0 Å². The molecule has 0 saturated heterocycles. The summed E-state index contributed by atoms with van der Waals surface area (Å²) in [7, 11) is 1.41. The normalized spacial score (nSPS) is 12.3. The van der Waals surface area contributed by atoms with Gasteiger partial charge in [0.2, 0.25) is 0 Å². The first kappa shape index (κ1) is 12.6. The largest absolute Gasteiger partial charge is 0.469 e. The summed E-state index contributed by atoms with van der Waals surface area (Å²) in [6.07, 6.45) is 0. The predicted molar refractivity (Wildman–Crippen MR) is 65.6 cm³/mol. The number of methoxy groups -OCH3 is 1. The van der Waals surface area contributed by atoms with Crippen LogP contribution in [0.15, 0.2) is 24.3 Å². The van der Waals surface area contributed by atoms with Crippen LogP contribution in [0.2, 0.25) is 0 Å². The first-order valence-corrected chi connectivity index (χ1v) is 5.49. The van der Waals surface area contributed by atoms with Crippen LogP contribution >= 0.6 is 0 Å². The Balaban J connectivity index is 2.74. The van der Waals surface area contributed by atoms with Gasteiger partial charge >= 0.3 is 5.97 Å². The van der Waals surface area contributed by atoms with Crippen molar-refractivity contribution in [2.24, 2.45) is 0 Å². The van der Waals surface area contributed by atoms with Crippen molar-refractivity contribution in [1.29, 1.82) is 0 Å². The van der Waals surface area contributed by atoms with E-state index in [0.717, 1.165) is 11.3 Å². The lowest BCUT2D eigenvalue weighted by molar-refractivity contribution is -0.141. The van der Waals surface area contributed by atoms with E-state index in [1.807, 2.05) is 31.2 Å². The molecule has 88 valence electrons. The third-order valence-corrected chi connectivity index (χ3v) is 2.42. The van der Waals surface area contributed by atoms with E-state index in [1.54, 1.807) is 0 Å². The molecule has 0 aromatic heterocycles. The van der Waals surface area contributed by atoms with E-state index in [9.17, 15) is 4.79 Å². The smallest absolute Gasteiger partial charge is 0.312 e. The maximum Gasteiger partial charge on any atom is 0.312 e. The van der Waals surface area contributed by atoms with Gasteiger partial charge in [-0.1, -0.05) is 12.1 Å². The Bertz CT molecular complexity index is 343. The number of carbonyl (C=O) groups excluding carboxylic acids is 1. The van der Waals surface area contributed by atoms with E-state index >= 15 is 0 Å². The van der Waals surface area contributed by atoms with Crippen LogP contribution in [-0.4, -0.2) is 19.1 Å². The number of rotatable bonds is 4. The lowest BCUT2D eigenvalue weighted by atomic mass is 10.0. The van der Waals surface area contributed by atoms with Crippen molar-refractivity contribution in [2.45, 2.75) is 32.7 Å². The molecule has 0 fully saturated rings. The molecule has 1 unspecified atom stereocenters. The van der Waals surface area contributed by atoms with E-state index in [-0.39, 0.29) is 11.9 Å². The molecule has 0 aliphatic rings. The highest BCUT2D eigenvalue weighted by molar-refractivity contribution is 5.77. The molecule has 1 aromatic rings. The molecular formula is C13H19NO2. The number of ether oxygens (including phenoxy) is 1. The van der Waals surface area contributed by atoms with Crippen LogP contribution in [0.3, 0.4) is 0 Å². The molecule has 1 atom stereocenters. The van der Waals surface area contributed by atoms with Crippen LogP contribution in [0.1, 0.15) is 32.3 Å². The Hall–Kier alpha value is -1.51. The van der Waals surface area contributed by atoms with Crippen LogP contribution in [0.4, 0.5) is 5.69 Å². The fourth-order valence-corrected chi connectivity index (χ4v) is 1.51. The van der Waals surface area contributed by atoms with Gasteiger partial charge in [-0.2, -0.15) is 0 Å². The number of nitrogens with one attached hydrogen (secondary N) is 1. The van der Waals surface area contributed by atoms with E-state index in [2.05, 4.69) is 19.2 Å². The molecule has 0 aliphatic heterocycles. The number of benzene rings is 1. The zero-order chi connectivity index (χ0) is 12.1. The number of hydrogen-bond donors (Lipinski definition) is 1. The molecule has 1 rings (SSSR count). The fraction of sp³-hybridized carbons (Fsp3) is 0.462. The lowest BCUT2D eigenvalue weighted by Gasteiger charge is -2.12. The standard InChI is InChI=1S/C13H19NO2/c1-9(2)14-12-7-5-11(6-8-12)10(3)13(15)16-4/h5-10,14H,1-4H3. The second-order valence-corrected chi connectivity index (χ2v) is 4.17. The highest BCUT2D eigenvalue weighted by Gasteiger charge is 2.14. The molecule has 1 N–H and O–H groups in total. The Morgan fingerprint density at radius 3 is 2.19 bits per heavy atom. The summed E-state index contributed by atoms with van der Waals surface area (Å²) in [5, 5.41) is 3.30. The Labute approximate surface area is 96.8 Å². The molecule has 0 aliphatic carbocycles. The van der Waals surface area contributed by atoms with Crippen molar-refractivity contribution in [3.05, 3.63) is 29.8 Å². The van der Waals surface area contributed by atoms with E-state index in [4.69, 9.17) is 4.74 Å². The minimum Gasteiger partial charge on any atom is -0.469 e. The summed E-state index contributed by atoms with van der Waals surface area (Å²) in [5.74, 6) is -0.414. The molecule has 0 spiro atoms. The van der Waals surface area contributed by atoms with Crippen LogP contribution in [-0.2, 0) is 9.53 Å². The molecule has 1 aromatic carbocycles. The zero-order valence-corrected chi connectivity index (χ0v) is 10.3. The SMILES string of the molecule is COC(=O)C(C)c1ccc(NC(C)C)cc1. The zero-order valence-electron chi connectivity index (χ0n) is 10.3. The van der Waals surface area contributed by atoms with E-state index in [1.165, 1.54) is 7.11 Å². The summed E-state index contributed by atoms with van der Waals surface area (Å²) in [4.78, 5) is 11.3. The second-order valence-electron chi connectivity index (χ2n) is 4.17. The van der Waals surface area contributed by atoms with Crippen molar-refractivity contribution in [1.82, 2.24) is 0 Å². The van der Waals surface area contributed by atoms with Crippen LogP contribution in [0.5, 0.6) is 0 Å². The fourth-order valence-electron chi connectivity index (χ4n) is 1.51. The van der Waals surface area contributed by atoms with Gasteiger partial charge in [0.1, 0.15) is 0 Å². The highest BCUT2D eigenvalue weighted by atomic mass is 16.5. The van der Waals surface area contributed by atoms with Crippen molar-refractivity contribution in [3.63, 3.8) is 0 Å². The molecule has 0 bridgehead atoms. The topological polar surface area (TPSA) is 38.3 Å². The third kappa shape index (κ3) is 3.26. The van der Waals surface area contributed by atoms with Gasteiger partial charge in [0, 0.05) is 11.7 Å². The van der Waals surface area contributed by atoms with E-state index < -0.39 is 0 Å². The highest BCUT2D eigenvalue weighted by Crippen LogP contribution is 2.19. The van der Waals surface area contributed by atoms with Gasteiger partial charge in [0.15, 0.2) is 0 Å². The average Bonchev–Trinajstić information content (AvgIpc) is 2.27. The number of esters is 1. The molecule has 16 heavy (non-hydrogen) atoms. The van der Waals surface area contributed by atoms with Gasteiger partial charge < -0.3 is 10.1 Å². The van der Waals surface area contributed by atoms with Gasteiger partial charge in [-0.05, 0) is 38.5 Å². The maximum absolute atomic E-state index is 11.3. The molecular weight excluding hydrogens is 202 g/mol. The van der Waals surface area contributed by atoms with Gasteiger partial charge in [0.05, 0.1) is 13.0 Å². The Morgan fingerprint density at radius 1 is 1.19 bits per heavy atom. The van der Waals surface area contributed by atoms with Gasteiger partial charge in [-0.25, -0.2) is 0 Å². The number of carbonyl (C=O) groups is 1. The molecule has 0 amide bonds.